The van der Waals surface area contributed by atoms with Gasteiger partial charge in [-0.15, -0.1) is 10.2 Å². The van der Waals surface area contributed by atoms with Crippen LogP contribution in [0.2, 0.25) is 0 Å². The number of aliphatic hydroxyl groups excluding tert-OH is 1. The monoisotopic (exact) mass is 1440 g/mol. The quantitative estimate of drug-likeness (QED) is 0.0170. The third-order valence-corrected chi connectivity index (χ3v) is 21.0. The van der Waals surface area contributed by atoms with Crippen molar-refractivity contribution < 1.29 is 72.3 Å². The molecule has 6 aliphatic rings. The number of aliphatic hydroxyl groups is 1. The van der Waals surface area contributed by atoms with Gasteiger partial charge in [0.2, 0.25) is 29.5 Å². The Morgan fingerprint density at radius 1 is 0.838 bits per heavy atom. The molecule has 4 saturated heterocycles. The third kappa shape index (κ3) is 17.9. The number of para-hydroxylation sites is 1. The second kappa shape index (κ2) is 33.4. The van der Waals surface area contributed by atoms with Gasteiger partial charge in [0.15, 0.2) is 11.6 Å². The maximum Gasteiger partial charge on any atom is 0.413 e. The molecular weight excluding hydrogens is 1350 g/mol. The molecule has 29 nitrogen and oxygen atoms in total. The Labute approximate surface area is 609 Å². The number of nitriles is 1. The number of likely N-dealkylation sites (tertiary alicyclic amines) is 2. The first-order valence-corrected chi connectivity index (χ1v) is 36.3. The Morgan fingerprint density at radius 2 is 1.60 bits per heavy atom. The van der Waals surface area contributed by atoms with Gasteiger partial charge in [0.25, 0.3) is 5.88 Å². The van der Waals surface area contributed by atoms with Crippen LogP contribution in [0.4, 0.5) is 27.7 Å². The van der Waals surface area contributed by atoms with Crippen molar-refractivity contribution in [2.24, 2.45) is 11.3 Å². The van der Waals surface area contributed by atoms with Crippen molar-refractivity contribution in [3.63, 3.8) is 0 Å². The number of amides is 5. The molecule has 5 atom stereocenters. The van der Waals surface area contributed by atoms with Crippen LogP contribution in [0.25, 0.3) is 11.3 Å². The molecule has 6 aromatic rings. The van der Waals surface area contributed by atoms with Gasteiger partial charge in [0.1, 0.15) is 54.0 Å². The van der Waals surface area contributed by atoms with Gasteiger partial charge in [0.05, 0.1) is 60.6 Å². The maximum absolute atomic E-state index is 14.2. The van der Waals surface area contributed by atoms with Crippen molar-refractivity contribution in [3.05, 3.63) is 126 Å². The fraction of sp³-hybridized carbons (Fsp3) is 0.513. The number of unbranched alkanes of at least 4 members (excludes halogenated alkanes) is 1. The van der Waals surface area contributed by atoms with Crippen LogP contribution in [0, 0.1) is 22.7 Å². The number of nitrogens with zero attached hydrogens (tertiary/aromatic N) is 10. The van der Waals surface area contributed by atoms with E-state index in [0.717, 1.165) is 63.0 Å². The van der Waals surface area contributed by atoms with Crippen molar-refractivity contribution in [2.45, 2.75) is 152 Å². The molecule has 29 heteroatoms. The number of aromatic nitrogens is 4. The predicted octanol–water partition coefficient (Wildman–Crippen LogP) is 7.41. The molecule has 2 saturated carbocycles. The number of pyridine rings is 1. The number of rotatable bonds is 30. The molecule has 558 valence electrons. The number of anilines is 4. The molecular formula is C76H94N14O15. The first-order valence-electron chi connectivity index (χ1n) is 36.3. The molecule has 1 spiro atoms. The molecule has 4 aliphatic heterocycles. The summed E-state index contributed by atoms with van der Waals surface area (Å²) in [6.45, 7) is 11.3. The van der Waals surface area contributed by atoms with E-state index in [9.17, 15) is 49.3 Å². The smallest absolute Gasteiger partial charge is 0.413 e. The Hall–Kier alpha value is -9.99. The minimum atomic E-state index is -1.53. The van der Waals surface area contributed by atoms with Gasteiger partial charge in [-0.1, -0.05) is 56.7 Å². The molecule has 0 radical (unpaired) electrons. The molecule has 12 rings (SSSR count). The van der Waals surface area contributed by atoms with Gasteiger partial charge in [-0.25, -0.2) is 9.78 Å². The SMILES string of the molecule is CC(C)[C@@H](C(=O)N1C[C@H](O)C[C@H]1C(=O)N[C@@H](C)c1ccc(C#N)cc1)c1cc(OCCN2CCC(OC3CC(Oc4cc(N5CCN(c6cc(-c7ccccc7O)nnc6NC(=O)OCc6ccc(NC(=O)[C@H](CCCCN(C)C)NC(=O)C7(C(=O)O)CCC7)cc6)CC56COC6)ccn4)C3)CC2)no1. The van der Waals surface area contributed by atoms with E-state index in [1.54, 1.807) is 91.1 Å². The highest BCUT2D eigenvalue weighted by molar-refractivity contribution is 6.05. The Balaban J connectivity index is 0.592. The summed E-state index contributed by atoms with van der Waals surface area (Å²) in [7, 11) is 3.90. The summed E-state index contributed by atoms with van der Waals surface area (Å²) in [5.41, 5.74) is 2.69. The van der Waals surface area contributed by atoms with Crippen LogP contribution in [0.15, 0.2) is 108 Å². The molecule has 7 heterocycles. The number of benzene rings is 3. The topological polar surface area (TPSA) is 362 Å². The van der Waals surface area contributed by atoms with Crippen molar-refractivity contribution in [1.82, 2.24) is 45.7 Å². The number of carboxylic acid groups (broad SMARTS) is 1. The number of phenols is 1. The van der Waals surface area contributed by atoms with E-state index >= 15 is 0 Å². The zero-order valence-electron chi connectivity index (χ0n) is 60.0. The van der Waals surface area contributed by atoms with Crippen LogP contribution in [-0.2, 0) is 44.8 Å². The van der Waals surface area contributed by atoms with E-state index in [2.05, 4.69) is 62.4 Å². The summed E-state index contributed by atoms with van der Waals surface area (Å²) in [5, 5.41) is 65.1. The number of aromatic hydroxyl groups is 1. The van der Waals surface area contributed by atoms with Gasteiger partial charge in [-0.3, -0.25) is 34.2 Å². The molecule has 6 fully saturated rings. The average Bonchev–Trinajstić information content (AvgIpc) is 1.43. The number of β-amino-alcohol motifs (C(OH)–C–C–N with tert-alkyl or cyclic N) is 1. The van der Waals surface area contributed by atoms with Crippen LogP contribution < -0.4 is 40.5 Å². The number of nitrogens with one attached hydrogen (secondary N) is 4. The standard InChI is InChI=1S/C76H94N14O15/c1-47(2)67(71(95)89-42-54(91)36-62(89)70(94)79-48(3)51-18-14-49(41-77)15-19-51)64-40-66(85-105-64)101-34-33-87-29-23-55(24-30-87)103-56-37-57(38-56)104-65-35-53(22-27-78-65)90-32-31-88(44-75(90)45-100-46-75)61-39-60(58-11-6-7-13-63(58)92)83-84-68(61)82-74(99)102-43-50-16-20-52(21-17-50)80-69(93)59(12-8-9-28-86(4)5)81-72(96)76(73(97)98)25-10-26-76/h6-7,11,13-22,27,35,39-40,47-48,54-57,59,62,67,91-92H,8-10,12,23-26,28-34,36-38,42-46H2,1-5H3,(H,79,94)(H,80,93)(H,81,96)(H,97,98)(H,82,84,99)/t48-,54+,56?,57?,59-,62-,67+/m0/s1. The number of ether oxygens (including phenoxy) is 5. The van der Waals surface area contributed by atoms with Crippen molar-refractivity contribution in [3.8, 4) is 34.8 Å². The fourth-order valence-electron chi connectivity index (χ4n) is 14.6. The first kappa shape index (κ1) is 74.7. The predicted molar refractivity (Wildman–Crippen MR) is 385 cm³/mol. The van der Waals surface area contributed by atoms with E-state index in [1.807, 2.05) is 51.9 Å². The summed E-state index contributed by atoms with van der Waals surface area (Å²) < 4.78 is 36.5. The number of hydrogen-bond acceptors (Lipinski definition) is 23. The van der Waals surface area contributed by atoms with Crippen molar-refractivity contribution >= 4 is 58.6 Å². The largest absolute Gasteiger partial charge is 0.507 e. The molecule has 105 heavy (non-hydrogen) atoms. The molecule has 7 N–H and O–H groups in total. The van der Waals surface area contributed by atoms with Gasteiger partial charge in [-0.2, -0.15) is 5.26 Å². The van der Waals surface area contributed by atoms with E-state index in [-0.39, 0.29) is 85.9 Å². The van der Waals surface area contributed by atoms with Crippen LogP contribution in [0.1, 0.15) is 126 Å². The number of piperazine rings is 1. The zero-order chi connectivity index (χ0) is 73.9. The normalized spacial score (nSPS) is 20.7. The molecule has 5 amide bonds. The van der Waals surface area contributed by atoms with Crippen molar-refractivity contribution in [1.29, 1.82) is 5.26 Å². The minimum Gasteiger partial charge on any atom is -0.507 e. The maximum atomic E-state index is 14.2. The second-order valence-electron chi connectivity index (χ2n) is 29.1. The van der Waals surface area contributed by atoms with Crippen LogP contribution in [-0.4, -0.2) is 214 Å². The van der Waals surface area contributed by atoms with Crippen LogP contribution in [0.3, 0.4) is 0 Å². The number of carboxylic acids is 1. The lowest BCUT2D eigenvalue weighted by atomic mass is 9.68. The van der Waals surface area contributed by atoms with E-state index in [1.165, 1.54) is 4.90 Å². The summed E-state index contributed by atoms with van der Waals surface area (Å²) >= 11 is 0. The Bertz CT molecular complexity index is 4070. The number of carbonyl (C=O) groups excluding carboxylic acids is 5. The highest BCUT2D eigenvalue weighted by Gasteiger charge is 2.53. The van der Waals surface area contributed by atoms with Crippen molar-refractivity contribution in [2.75, 3.05) is 107 Å². The van der Waals surface area contributed by atoms with Crippen LogP contribution >= 0.6 is 0 Å². The lowest BCUT2D eigenvalue weighted by Crippen LogP contribution is -2.72. The Kier molecular flexibility index (Phi) is 23.8. The van der Waals surface area contributed by atoms with E-state index < -0.39 is 65.0 Å². The molecule has 3 aromatic carbocycles. The molecule has 0 unspecified atom stereocenters. The molecule has 0 bridgehead atoms. The summed E-state index contributed by atoms with van der Waals surface area (Å²) in [6, 6.07) is 27.7. The fourth-order valence-corrected chi connectivity index (χ4v) is 14.6. The van der Waals surface area contributed by atoms with Crippen LogP contribution in [0.5, 0.6) is 17.5 Å². The highest BCUT2D eigenvalue weighted by atomic mass is 16.6. The number of carbonyl (C=O) groups is 6. The summed E-state index contributed by atoms with van der Waals surface area (Å²) in [4.78, 5) is 95.4. The Morgan fingerprint density at radius 3 is 2.29 bits per heavy atom. The van der Waals surface area contributed by atoms with Gasteiger partial charge in [0, 0.05) is 100 Å². The van der Waals surface area contributed by atoms with Gasteiger partial charge < -0.3 is 79.1 Å². The zero-order valence-corrected chi connectivity index (χ0v) is 60.0. The number of piperidine rings is 1. The summed E-state index contributed by atoms with van der Waals surface area (Å²) in [6.07, 6.45) is 6.30. The molecule has 3 aromatic heterocycles. The van der Waals surface area contributed by atoms with Gasteiger partial charge >= 0.3 is 12.1 Å². The second-order valence-corrected chi connectivity index (χ2v) is 29.1. The average molecular weight is 1440 g/mol. The number of phenolic OH excluding ortho intramolecular Hbond substituents is 1. The highest BCUT2D eigenvalue weighted by Crippen LogP contribution is 2.43. The minimum absolute atomic E-state index is 0.00764. The lowest BCUT2D eigenvalue weighted by Gasteiger charge is -2.56. The number of aliphatic carboxylic acids is 1. The van der Waals surface area contributed by atoms with E-state index in [4.69, 9.17) is 28.2 Å². The first-order chi connectivity index (χ1) is 50.6. The lowest BCUT2D eigenvalue weighted by molar-refractivity contribution is -0.162. The summed E-state index contributed by atoms with van der Waals surface area (Å²) in [5.74, 6) is -2.77. The van der Waals surface area contributed by atoms with E-state index in [0.29, 0.717) is 111 Å². The molecule has 2 aliphatic carbocycles. The van der Waals surface area contributed by atoms with Gasteiger partial charge in [-0.05, 0) is 143 Å². The third-order valence-electron chi connectivity index (χ3n) is 21.0. The number of hydrogen-bond donors (Lipinski definition) is 7.